The monoisotopic (exact) mass is 282 g/mol. The lowest BCUT2D eigenvalue weighted by atomic mass is 10.1. The highest BCUT2D eigenvalue weighted by Gasteiger charge is 2.17. The summed E-state index contributed by atoms with van der Waals surface area (Å²) in [6.07, 6.45) is 0. The number of nitriles is 1. The van der Waals surface area contributed by atoms with E-state index in [1.54, 1.807) is 0 Å². The number of fused-ring (bicyclic) bond motifs is 1. The van der Waals surface area contributed by atoms with Gasteiger partial charge in [-0.3, -0.25) is 0 Å². The smallest absolute Gasteiger partial charge is 0.295 e. The number of aromatic nitrogens is 1. The van der Waals surface area contributed by atoms with E-state index in [1.807, 2.05) is 38.1 Å². The lowest BCUT2D eigenvalue weighted by molar-refractivity contribution is -0.370. The summed E-state index contributed by atoms with van der Waals surface area (Å²) in [6, 6.07) is 9.82. The van der Waals surface area contributed by atoms with Gasteiger partial charge in [0.15, 0.2) is 11.5 Å². The van der Waals surface area contributed by atoms with Crippen molar-refractivity contribution in [2.75, 3.05) is 18.5 Å². The molecule has 0 saturated heterocycles. The predicted molar refractivity (Wildman–Crippen MR) is 77.9 cm³/mol. The zero-order chi connectivity index (χ0) is 14.8. The van der Waals surface area contributed by atoms with Gasteiger partial charge in [-0.15, -0.1) is 0 Å². The number of aryl methyl sites for hydroxylation is 2. The summed E-state index contributed by atoms with van der Waals surface area (Å²) in [4.78, 5) is 3.19. The molecule has 5 nitrogen and oxygen atoms in total. The molecule has 0 radical (unpaired) electrons. The lowest BCUT2D eigenvalue weighted by Gasteiger charge is -2.18. The van der Waals surface area contributed by atoms with Gasteiger partial charge in [-0.05, 0) is 37.6 Å². The van der Waals surface area contributed by atoms with Crippen molar-refractivity contribution in [3.8, 4) is 17.6 Å². The van der Waals surface area contributed by atoms with E-state index in [-0.39, 0.29) is 0 Å². The van der Waals surface area contributed by atoms with Crippen LogP contribution in [0.25, 0.3) is 0 Å². The molecule has 1 aromatic heterocycles. The molecular weight excluding hydrogens is 266 g/mol. The third kappa shape index (κ3) is 2.61. The maximum absolute atomic E-state index is 9.31. The van der Waals surface area contributed by atoms with Crippen molar-refractivity contribution in [1.29, 1.82) is 5.26 Å². The first-order valence-corrected chi connectivity index (χ1v) is 6.77. The van der Waals surface area contributed by atoms with Gasteiger partial charge < -0.3 is 9.47 Å². The third-order valence-electron chi connectivity index (χ3n) is 3.32. The number of H-pyrrole nitrogens is 1. The normalized spacial score (nSPS) is 12.6. The number of ether oxygens (including phenoxy) is 2. The van der Waals surface area contributed by atoms with Crippen LogP contribution in [0, 0.1) is 25.2 Å². The van der Waals surface area contributed by atoms with E-state index in [0.29, 0.717) is 30.3 Å². The molecule has 0 bridgehead atoms. The number of hydrogen-bond donors (Lipinski definition) is 1. The minimum atomic E-state index is 0.551. The summed E-state index contributed by atoms with van der Waals surface area (Å²) in [5.74, 6) is 2.15. The van der Waals surface area contributed by atoms with Gasteiger partial charge in [-0.2, -0.15) is 5.26 Å². The van der Waals surface area contributed by atoms with Gasteiger partial charge in [-0.1, -0.05) is 0 Å². The number of aromatic amines is 1. The zero-order valence-corrected chi connectivity index (χ0v) is 12.0. The van der Waals surface area contributed by atoms with Crippen LogP contribution in [0.1, 0.15) is 16.8 Å². The van der Waals surface area contributed by atoms with Crippen LogP contribution < -0.4 is 19.8 Å². The minimum Gasteiger partial charge on any atom is -0.486 e. The molecule has 5 heteroatoms. The quantitative estimate of drug-likeness (QED) is 0.919. The average molecular weight is 282 g/mol. The van der Waals surface area contributed by atoms with Crippen LogP contribution >= 0.6 is 0 Å². The van der Waals surface area contributed by atoms with Crippen LogP contribution in [0.3, 0.4) is 0 Å². The minimum absolute atomic E-state index is 0.551. The van der Waals surface area contributed by atoms with Crippen LogP contribution in [0.2, 0.25) is 0 Å². The van der Waals surface area contributed by atoms with Crippen LogP contribution in [0.5, 0.6) is 11.5 Å². The van der Waals surface area contributed by atoms with Crippen molar-refractivity contribution in [3.05, 3.63) is 41.1 Å². The third-order valence-corrected chi connectivity index (χ3v) is 3.32. The number of rotatable bonds is 2. The molecule has 0 fully saturated rings. The number of hydrogen-bond acceptors (Lipinski definition) is 4. The molecule has 1 aliphatic heterocycles. The SMILES string of the molecule is Cc1cc(C)c(C#N)c(Nc2ccc3c(c2)OCCO3)[nH+]1. The fourth-order valence-electron chi connectivity index (χ4n) is 2.39. The largest absolute Gasteiger partial charge is 0.486 e. The molecule has 0 amide bonds. The maximum Gasteiger partial charge on any atom is 0.295 e. The Hall–Kier alpha value is -2.74. The number of nitrogens with one attached hydrogen (secondary N) is 2. The molecule has 0 saturated carbocycles. The molecule has 0 aliphatic carbocycles. The van der Waals surface area contributed by atoms with Gasteiger partial charge in [0, 0.05) is 6.07 Å². The fourth-order valence-corrected chi connectivity index (χ4v) is 2.39. The second-order valence-corrected chi connectivity index (χ2v) is 4.98. The van der Waals surface area contributed by atoms with Gasteiger partial charge in [-0.25, -0.2) is 10.3 Å². The van der Waals surface area contributed by atoms with Crippen molar-refractivity contribution in [3.63, 3.8) is 0 Å². The maximum atomic E-state index is 9.31. The van der Waals surface area contributed by atoms with Gasteiger partial charge in [0.1, 0.15) is 30.5 Å². The Labute approximate surface area is 123 Å². The lowest BCUT2D eigenvalue weighted by Crippen LogP contribution is -2.17. The molecule has 3 rings (SSSR count). The zero-order valence-electron chi connectivity index (χ0n) is 12.0. The summed E-state index contributed by atoms with van der Waals surface area (Å²) in [7, 11) is 0. The highest BCUT2D eigenvalue weighted by molar-refractivity contribution is 5.65. The van der Waals surface area contributed by atoms with Gasteiger partial charge in [0.2, 0.25) is 0 Å². The predicted octanol–water partition coefficient (Wildman–Crippen LogP) is 2.50. The van der Waals surface area contributed by atoms with Crippen molar-refractivity contribution in [1.82, 2.24) is 0 Å². The van der Waals surface area contributed by atoms with Crippen LogP contribution in [-0.2, 0) is 0 Å². The Morgan fingerprint density at radius 3 is 2.67 bits per heavy atom. The summed E-state index contributed by atoms with van der Waals surface area (Å²) in [5, 5.41) is 12.5. The molecule has 21 heavy (non-hydrogen) atoms. The number of anilines is 2. The van der Waals surface area contributed by atoms with Crippen molar-refractivity contribution >= 4 is 11.5 Å². The summed E-state index contributed by atoms with van der Waals surface area (Å²) in [6.45, 7) is 5.01. The molecule has 1 aromatic carbocycles. The molecule has 106 valence electrons. The van der Waals surface area contributed by atoms with E-state index in [0.717, 1.165) is 22.7 Å². The van der Waals surface area contributed by atoms with E-state index in [2.05, 4.69) is 16.4 Å². The van der Waals surface area contributed by atoms with Crippen molar-refractivity contribution in [2.24, 2.45) is 0 Å². The molecule has 2 aromatic rings. The first-order chi connectivity index (χ1) is 10.2. The Morgan fingerprint density at radius 2 is 1.90 bits per heavy atom. The Kier molecular flexibility index (Phi) is 3.36. The van der Waals surface area contributed by atoms with E-state index >= 15 is 0 Å². The molecular formula is C16H16N3O2+. The van der Waals surface area contributed by atoms with Gasteiger partial charge >= 0.3 is 0 Å². The van der Waals surface area contributed by atoms with Gasteiger partial charge in [0.05, 0.1) is 5.69 Å². The first-order valence-electron chi connectivity index (χ1n) is 6.77. The highest BCUT2D eigenvalue weighted by Crippen LogP contribution is 2.33. The second-order valence-electron chi connectivity index (χ2n) is 4.98. The Bertz CT molecular complexity index is 735. The Morgan fingerprint density at radius 1 is 1.14 bits per heavy atom. The van der Waals surface area contributed by atoms with Crippen LogP contribution in [0.15, 0.2) is 24.3 Å². The number of nitrogens with zero attached hydrogens (tertiary/aromatic N) is 1. The summed E-state index contributed by atoms with van der Waals surface area (Å²) >= 11 is 0. The van der Waals surface area contributed by atoms with Gasteiger partial charge in [0.25, 0.3) is 5.82 Å². The molecule has 2 N–H and O–H groups in total. The fraction of sp³-hybridized carbons (Fsp3) is 0.250. The highest BCUT2D eigenvalue weighted by atomic mass is 16.6. The van der Waals surface area contributed by atoms with E-state index in [4.69, 9.17) is 9.47 Å². The molecule has 0 unspecified atom stereocenters. The average Bonchev–Trinajstić information content (AvgIpc) is 2.47. The summed E-state index contributed by atoms with van der Waals surface area (Å²) < 4.78 is 11.1. The van der Waals surface area contributed by atoms with E-state index in [9.17, 15) is 5.26 Å². The standard InChI is InChI=1S/C16H15N3O2/c1-10-7-11(2)18-16(13(10)9-17)19-12-3-4-14-15(8-12)21-6-5-20-14/h3-4,7-8H,5-6H2,1-2H3,(H,18,19)/p+1. The number of benzene rings is 1. The molecule has 0 spiro atoms. The topological polar surface area (TPSA) is 68.4 Å². The van der Waals surface area contributed by atoms with Crippen molar-refractivity contribution in [2.45, 2.75) is 13.8 Å². The number of pyridine rings is 1. The Balaban J connectivity index is 1.96. The molecule has 2 heterocycles. The van der Waals surface area contributed by atoms with E-state index in [1.165, 1.54) is 0 Å². The van der Waals surface area contributed by atoms with E-state index < -0.39 is 0 Å². The molecule has 0 atom stereocenters. The first kappa shape index (κ1) is 13.3. The summed E-state index contributed by atoms with van der Waals surface area (Å²) in [5.41, 5.74) is 3.38. The van der Waals surface area contributed by atoms with Crippen molar-refractivity contribution < 1.29 is 14.5 Å². The second kappa shape index (κ2) is 5.33. The van der Waals surface area contributed by atoms with Crippen LogP contribution in [-0.4, -0.2) is 13.2 Å². The van der Waals surface area contributed by atoms with Crippen LogP contribution in [0.4, 0.5) is 11.5 Å². The molecule has 1 aliphatic rings.